The maximum absolute atomic E-state index is 12.9. The van der Waals surface area contributed by atoms with Crippen molar-refractivity contribution in [2.45, 2.75) is 31.2 Å². The Morgan fingerprint density at radius 1 is 1.10 bits per heavy atom. The Morgan fingerprint density at radius 3 is 2.34 bits per heavy atom. The van der Waals surface area contributed by atoms with Gasteiger partial charge in [0.2, 0.25) is 10.0 Å². The molecule has 0 unspecified atom stereocenters. The summed E-state index contributed by atoms with van der Waals surface area (Å²) in [7, 11) is -2.53. The van der Waals surface area contributed by atoms with Gasteiger partial charge in [-0.3, -0.25) is 4.79 Å². The Kier molecular flexibility index (Phi) is 7.21. The molecule has 0 bridgehead atoms. The van der Waals surface area contributed by atoms with E-state index in [1.54, 1.807) is 20.8 Å². The van der Waals surface area contributed by atoms with Gasteiger partial charge < -0.3 is 14.8 Å². The molecule has 0 saturated carbocycles. The van der Waals surface area contributed by atoms with Crippen molar-refractivity contribution >= 4 is 15.9 Å². The highest BCUT2D eigenvalue weighted by Gasteiger charge is 2.26. The number of sulfonamides is 1. The van der Waals surface area contributed by atoms with Crippen LogP contribution in [0.15, 0.2) is 47.4 Å². The van der Waals surface area contributed by atoms with Gasteiger partial charge in [0.05, 0.1) is 13.7 Å². The van der Waals surface area contributed by atoms with Crippen molar-refractivity contribution in [3.05, 3.63) is 53.8 Å². The van der Waals surface area contributed by atoms with Crippen LogP contribution in [-0.2, 0) is 10.0 Å². The SMILES string of the molecule is COc1ccc(C(=O)NCCOc2ccc(F)cc2)cc1S(=O)(=O)NC(C)(C)C. The van der Waals surface area contributed by atoms with E-state index in [1.165, 1.54) is 49.6 Å². The molecule has 0 atom stereocenters. The minimum atomic E-state index is -3.89. The number of hydrogen-bond acceptors (Lipinski definition) is 5. The van der Waals surface area contributed by atoms with Gasteiger partial charge >= 0.3 is 0 Å². The Hall–Kier alpha value is -2.65. The smallest absolute Gasteiger partial charge is 0.251 e. The second-order valence-corrected chi connectivity index (χ2v) is 8.93. The predicted octanol–water partition coefficient (Wildman–Crippen LogP) is 2.72. The molecule has 29 heavy (non-hydrogen) atoms. The summed E-state index contributed by atoms with van der Waals surface area (Å²) in [6, 6.07) is 9.70. The summed E-state index contributed by atoms with van der Waals surface area (Å²) in [5, 5.41) is 2.65. The highest BCUT2D eigenvalue weighted by atomic mass is 32.2. The molecule has 0 aliphatic carbocycles. The van der Waals surface area contributed by atoms with Crippen LogP contribution in [0.1, 0.15) is 31.1 Å². The minimum Gasteiger partial charge on any atom is -0.495 e. The second kappa shape index (κ2) is 9.23. The second-order valence-electron chi connectivity index (χ2n) is 7.28. The molecule has 9 heteroatoms. The zero-order valence-electron chi connectivity index (χ0n) is 16.8. The van der Waals surface area contributed by atoms with Gasteiger partial charge in [-0.25, -0.2) is 17.5 Å². The number of halogens is 1. The Bertz CT molecular complexity index is 954. The first-order valence-corrected chi connectivity index (χ1v) is 10.4. The molecule has 0 saturated heterocycles. The molecule has 0 aliphatic rings. The first kappa shape index (κ1) is 22.6. The summed E-state index contributed by atoms with van der Waals surface area (Å²) >= 11 is 0. The lowest BCUT2D eigenvalue weighted by atomic mass is 10.1. The maximum Gasteiger partial charge on any atom is 0.251 e. The monoisotopic (exact) mass is 424 g/mol. The van der Waals surface area contributed by atoms with Crippen molar-refractivity contribution in [2.24, 2.45) is 0 Å². The largest absolute Gasteiger partial charge is 0.495 e. The lowest BCUT2D eigenvalue weighted by Gasteiger charge is -2.21. The van der Waals surface area contributed by atoms with Crippen molar-refractivity contribution in [2.75, 3.05) is 20.3 Å². The van der Waals surface area contributed by atoms with Gasteiger partial charge in [-0.15, -0.1) is 0 Å². The molecule has 0 spiro atoms. The molecule has 2 aromatic carbocycles. The summed E-state index contributed by atoms with van der Waals surface area (Å²) in [5.41, 5.74) is -0.526. The lowest BCUT2D eigenvalue weighted by molar-refractivity contribution is 0.0946. The third kappa shape index (κ3) is 6.72. The first-order valence-electron chi connectivity index (χ1n) is 8.90. The molecule has 2 rings (SSSR count). The third-order valence-corrected chi connectivity index (χ3v) is 5.41. The molecule has 0 radical (unpaired) electrons. The molecule has 2 N–H and O–H groups in total. The predicted molar refractivity (Wildman–Crippen MR) is 107 cm³/mol. The van der Waals surface area contributed by atoms with E-state index in [2.05, 4.69) is 10.0 Å². The summed E-state index contributed by atoms with van der Waals surface area (Å²) in [6.07, 6.45) is 0. The van der Waals surface area contributed by atoms with Gasteiger partial charge in [-0.1, -0.05) is 0 Å². The topological polar surface area (TPSA) is 93.7 Å². The van der Waals surface area contributed by atoms with Gasteiger partial charge in [0.1, 0.15) is 28.8 Å². The van der Waals surface area contributed by atoms with E-state index >= 15 is 0 Å². The van der Waals surface area contributed by atoms with Crippen LogP contribution in [0.4, 0.5) is 4.39 Å². The molecule has 0 aromatic heterocycles. The van der Waals surface area contributed by atoms with Gasteiger partial charge in [0, 0.05) is 11.1 Å². The van der Waals surface area contributed by atoms with E-state index in [0.717, 1.165) is 0 Å². The van der Waals surface area contributed by atoms with E-state index in [1.807, 2.05) is 0 Å². The van der Waals surface area contributed by atoms with Crippen molar-refractivity contribution in [1.82, 2.24) is 10.0 Å². The molecule has 0 fully saturated rings. The fraction of sp³-hybridized carbons (Fsp3) is 0.350. The zero-order valence-corrected chi connectivity index (χ0v) is 17.6. The Morgan fingerprint density at radius 2 is 1.76 bits per heavy atom. The van der Waals surface area contributed by atoms with Crippen LogP contribution in [0.3, 0.4) is 0 Å². The number of ether oxygens (including phenoxy) is 2. The number of carbonyl (C=O) groups is 1. The molecule has 158 valence electrons. The van der Waals surface area contributed by atoms with Crippen LogP contribution >= 0.6 is 0 Å². The normalized spacial score (nSPS) is 11.8. The number of nitrogens with one attached hydrogen (secondary N) is 2. The van der Waals surface area contributed by atoms with Crippen LogP contribution in [-0.4, -0.2) is 40.1 Å². The van der Waals surface area contributed by atoms with Crippen LogP contribution < -0.4 is 19.5 Å². The number of amides is 1. The summed E-state index contributed by atoms with van der Waals surface area (Å²) in [6.45, 7) is 5.51. The fourth-order valence-electron chi connectivity index (χ4n) is 2.45. The first-order chi connectivity index (χ1) is 13.5. The van der Waals surface area contributed by atoms with Crippen LogP contribution in [0.2, 0.25) is 0 Å². The fourth-order valence-corrected chi connectivity index (χ4v) is 4.07. The molecule has 0 aliphatic heterocycles. The molecule has 1 amide bonds. The van der Waals surface area contributed by atoms with Crippen LogP contribution in [0.5, 0.6) is 11.5 Å². The lowest BCUT2D eigenvalue weighted by Crippen LogP contribution is -2.40. The van der Waals surface area contributed by atoms with Gasteiger partial charge in [0.15, 0.2) is 0 Å². The van der Waals surface area contributed by atoms with Crippen molar-refractivity contribution < 1.29 is 27.1 Å². The van der Waals surface area contributed by atoms with Gasteiger partial charge in [-0.05, 0) is 63.2 Å². The third-order valence-electron chi connectivity index (χ3n) is 3.63. The van der Waals surface area contributed by atoms with E-state index in [-0.39, 0.29) is 35.2 Å². The quantitative estimate of drug-likeness (QED) is 0.636. The molecule has 2 aromatic rings. The minimum absolute atomic E-state index is 0.120. The maximum atomic E-state index is 12.9. The van der Waals surface area contributed by atoms with Crippen LogP contribution in [0.25, 0.3) is 0 Å². The zero-order chi connectivity index (χ0) is 21.7. The summed E-state index contributed by atoms with van der Waals surface area (Å²) in [4.78, 5) is 12.3. The molecule has 0 heterocycles. The molecule has 7 nitrogen and oxygen atoms in total. The summed E-state index contributed by atoms with van der Waals surface area (Å²) < 4.78 is 51.3. The number of methoxy groups -OCH3 is 1. The number of benzene rings is 2. The summed E-state index contributed by atoms with van der Waals surface area (Å²) in [5.74, 6) is -0.205. The highest BCUT2D eigenvalue weighted by Crippen LogP contribution is 2.26. The van der Waals surface area contributed by atoms with E-state index in [0.29, 0.717) is 5.75 Å². The average Bonchev–Trinajstić information content (AvgIpc) is 2.64. The van der Waals surface area contributed by atoms with Crippen molar-refractivity contribution in [1.29, 1.82) is 0 Å². The Balaban J connectivity index is 2.05. The molecular weight excluding hydrogens is 399 g/mol. The van der Waals surface area contributed by atoms with Crippen LogP contribution in [0, 0.1) is 5.82 Å². The standard InChI is InChI=1S/C20H25FN2O5S/c1-20(2,3)23-29(25,26)18-13-14(5-10-17(18)27-4)19(24)22-11-12-28-16-8-6-15(21)7-9-16/h5-10,13,23H,11-12H2,1-4H3,(H,22,24). The van der Waals surface area contributed by atoms with E-state index in [4.69, 9.17) is 9.47 Å². The number of rotatable bonds is 8. The van der Waals surface area contributed by atoms with Crippen molar-refractivity contribution in [3.8, 4) is 11.5 Å². The number of carbonyl (C=O) groups excluding carboxylic acids is 1. The van der Waals surface area contributed by atoms with E-state index < -0.39 is 21.5 Å². The van der Waals surface area contributed by atoms with Gasteiger partial charge in [-0.2, -0.15) is 0 Å². The molecular formula is C20H25FN2O5S. The highest BCUT2D eigenvalue weighted by molar-refractivity contribution is 7.89. The van der Waals surface area contributed by atoms with E-state index in [9.17, 15) is 17.6 Å². The average molecular weight is 424 g/mol. The Labute approximate surface area is 170 Å². The number of hydrogen-bond donors (Lipinski definition) is 2. The van der Waals surface area contributed by atoms with Crippen molar-refractivity contribution in [3.63, 3.8) is 0 Å². The van der Waals surface area contributed by atoms with Gasteiger partial charge in [0.25, 0.3) is 5.91 Å².